The molecule has 8 heteroatoms. The van der Waals surface area contributed by atoms with Crippen LogP contribution in [0.5, 0.6) is 0 Å². The monoisotopic (exact) mass is 345 g/mol. The van der Waals surface area contributed by atoms with Crippen LogP contribution in [0.1, 0.15) is 25.7 Å². The summed E-state index contributed by atoms with van der Waals surface area (Å²) in [5.41, 5.74) is 1.35. The molecule has 1 aromatic carbocycles. The van der Waals surface area contributed by atoms with E-state index in [4.69, 9.17) is 0 Å². The Morgan fingerprint density at radius 3 is 2.84 bits per heavy atom. The first-order chi connectivity index (χ1) is 12.1. The number of urea groups is 2. The first-order valence-corrected chi connectivity index (χ1v) is 8.61. The Bertz CT molecular complexity index is 659. The van der Waals surface area contributed by atoms with Gasteiger partial charge in [0.05, 0.1) is 0 Å². The van der Waals surface area contributed by atoms with E-state index in [0.717, 1.165) is 18.5 Å². The number of nitrogens with zero attached hydrogens (tertiary/aromatic N) is 1. The summed E-state index contributed by atoms with van der Waals surface area (Å²) in [6.07, 6.45) is 3.16. The van der Waals surface area contributed by atoms with Crippen LogP contribution in [0, 0.1) is 0 Å². The molecule has 0 radical (unpaired) electrons. The summed E-state index contributed by atoms with van der Waals surface area (Å²) in [5, 5.41) is 11.1. The standard InChI is InChI=1S/C17H23N5O3/c23-15(20-12-6-7-12)5-2-8-18-16(24)21-13-3-1-4-14(11-13)22-10-9-19-17(22)25/h1,3-4,11-12H,2,5-10H2,(H,19,25)(H,20,23)(H2,18,21,24). The number of hydrogen-bond acceptors (Lipinski definition) is 3. The van der Waals surface area contributed by atoms with E-state index >= 15 is 0 Å². The lowest BCUT2D eigenvalue weighted by molar-refractivity contribution is -0.121. The molecular formula is C17H23N5O3. The number of hydrogen-bond donors (Lipinski definition) is 4. The fourth-order valence-corrected chi connectivity index (χ4v) is 2.62. The average molecular weight is 345 g/mol. The van der Waals surface area contributed by atoms with Gasteiger partial charge in [-0.2, -0.15) is 0 Å². The van der Waals surface area contributed by atoms with Crippen LogP contribution in [0.4, 0.5) is 21.0 Å². The molecule has 1 aliphatic heterocycles. The molecule has 0 spiro atoms. The van der Waals surface area contributed by atoms with E-state index in [2.05, 4.69) is 21.3 Å². The van der Waals surface area contributed by atoms with E-state index in [1.54, 1.807) is 23.1 Å². The minimum atomic E-state index is -0.328. The third-order valence-corrected chi connectivity index (χ3v) is 4.08. The highest BCUT2D eigenvalue weighted by Gasteiger charge is 2.23. The Balaban J connectivity index is 1.40. The molecule has 1 saturated carbocycles. The van der Waals surface area contributed by atoms with Crippen LogP contribution in [0.15, 0.2) is 24.3 Å². The number of amides is 5. The minimum Gasteiger partial charge on any atom is -0.353 e. The molecule has 5 amide bonds. The molecule has 0 atom stereocenters. The summed E-state index contributed by atoms with van der Waals surface area (Å²) >= 11 is 0. The van der Waals surface area contributed by atoms with E-state index in [1.165, 1.54) is 0 Å². The molecule has 1 saturated heterocycles. The van der Waals surface area contributed by atoms with Gasteiger partial charge in [0.1, 0.15) is 0 Å². The Kier molecular flexibility index (Phi) is 5.37. The SMILES string of the molecule is O=C(CCCNC(=O)Nc1cccc(N2CCNC2=O)c1)NC1CC1. The van der Waals surface area contributed by atoms with Gasteiger partial charge in [0, 0.05) is 43.5 Å². The lowest BCUT2D eigenvalue weighted by atomic mass is 10.2. The number of rotatable bonds is 7. The van der Waals surface area contributed by atoms with Crippen LogP contribution in [0.2, 0.25) is 0 Å². The topological polar surface area (TPSA) is 103 Å². The molecule has 2 aliphatic rings. The van der Waals surface area contributed by atoms with Gasteiger partial charge in [-0.05, 0) is 37.5 Å². The number of benzene rings is 1. The second kappa shape index (κ2) is 7.87. The Morgan fingerprint density at radius 2 is 2.12 bits per heavy atom. The largest absolute Gasteiger partial charge is 0.353 e. The molecule has 0 aromatic heterocycles. The van der Waals surface area contributed by atoms with E-state index in [0.29, 0.717) is 44.2 Å². The third-order valence-electron chi connectivity index (χ3n) is 4.08. The summed E-state index contributed by atoms with van der Waals surface area (Å²) in [7, 11) is 0. The fourth-order valence-electron chi connectivity index (χ4n) is 2.62. The highest BCUT2D eigenvalue weighted by Crippen LogP contribution is 2.21. The van der Waals surface area contributed by atoms with Crippen LogP contribution < -0.4 is 26.2 Å². The molecule has 1 aliphatic carbocycles. The van der Waals surface area contributed by atoms with Gasteiger partial charge in [0.2, 0.25) is 5.91 Å². The van der Waals surface area contributed by atoms with Crippen LogP contribution >= 0.6 is 0 Å². The van der Waals surface area contributed by atoms with E-state index in [1.807, 2.05) is 6.07 Å². The van der Waals surface area contributed by atoms with Gasteiger partial charge in [-0.3, -0.25) is 9.69 Å². The predicted octanol–water partition coefficient (Wildman–Crippen LogP) is 1.40. The van der Waals surface area contributed by atoms with Crippen LogP contribution in [0.25, 0.3) is 0 Å². The van der Waals surface area contributed by atoms with Crippen molar-refractivity contribution >= 4 is 29.3 Å². The Labute approximate surface area is 146 Å². The van der Waals surface area contributed by atoms with Crippen molar-refractivity contribution < 1.29 is 14.4 Å². The number of nitrogens with one attached hydrogen (secondary N) is 4. The molecule has 134 valence electrons. The van der Waals surface area contributed by atoms with Crippen molar-refractivity contribution in [2.45, 2.75) is 31.7 Å². The first kappa shape index (κ1) is 17.1. The highest BCUT2D eigenvalue weighted by atomic mass is 16.2. The summed E-state index contributed by atoms with van der Waals surface area (Å²) in [4.78, 5) is 36.8. The van der Waals surface area contributed by atoms with Gasteiger partial charge in [-0.25, -0.2) is 9.59 Å². The lowest BCUT2D eigenvalue weighted by Crippen LogP contribution is -2.31. The molecular weight excluding hydrogens is 322 g/mol. The van der Waals surface area contributed by atoms with Crippen molar-refractivity contribution in [3.8, 4) is 0 Å². The minimum absolute atomic E-state index is 0.0429. The van der Waals surface area contributed by atoms with Crippen molar-refractivity contribution in [2.75, 3.05) is 29.9 Å². The van der Waals surface area contributed by atoms with Gasteiger partial charge < -0.3 is 21.3 Å². The number of carbonyl (C=O) groups is 3. The average Bonchev–Trinajstić information content (AvgIpc) is 3.29. The molecule has 25 heavy (non-hydrogen) atoms. The molecule has 0 unspecified atom stereocenters. The maximum absolute atomic E-state index is 11.9. The zero-order valence-corrected chi connectivity index (χ0v) is 14.0. The Hall–Kier alpha value is -2.77. The highest BCUT2D eigenvalue weighted by molar-refractivity contribution is 5.95. The second-order valence-corrected chi connectivity index (χ2v) is 6.26. The lowest BCUT2D eigenvalue weighted by Gasteiger charge is -2.15. The fraction of sp³-hybridized carbons (Fsp3) is 0.471. The predicted molar refractivity (Wildman–Crippen MR) is 94.6 cm³/mol. The van der Waals surface area contributed by atoms with E-state index in [-0.39, 0.29) is 18.0 Å². The van der Waals surface area contributed by atoms with Gasteiger partial charge in [-0.15, -0.1) is 0 Å². The smallest absolute Gasteiger partial charge is 0.321 e. The maximum Gasteiger partial charge on any atom is 0.321 e. The third kappa shape index (κ3) is 5.10. The summed E-state index contributed by atoms with van der Waals surface area (Å²) in [6.45, 7) is 1.65. The zero-order chi connectivity index (χ0) is 17.6. The van der Waals surface area contributed by atoms with E-state index < -0.39 is 0 Å². The molecule has 3 rings (SSSR count). The molecule has 2 fully saturated rings. The second-order valence-electron chi connectivity index (χ2n) is 6.26. The van der Waals surface area contributed by atoms with Crippen molar-refractivity contribution in [3.63, 3.8) is 0 Å². The molecule has 1 heterocycles. The normalized spacial score (nSPS) is 16.3. The molecule has 1 aromatic rings. The molecule has 8 nitrogen and oxygen atoms in total. The van der Waals surface area contributed by atoms with Crippen LogP contribution in [0.3, 0.4) is 0 Å². The molecule has 0 bridgehead atoms. The summed E-state index contributed by atoms with van der Waals surface area (Å²) in [5.74, 6) is 0.0429. The van der Waals surface area contributed by atoms with Gasteiger partial charge in [-0.1, -0.05) is 6.07 Å². The van der Waals surface area contributed by atoms with E-state index in [9.17, 15) is 14.4 Å². The van der Waals surface area contributed by atoms with Gasteiger partial charge in [0.15, 0.2) is 0 Å². The number of anilines is 2. The van der Waals surface area contributed by atoms with Gasteiger partial charge >= 0.3 is 12.1 Å². The van der Waals surface area contributed by atoms with Crippen molar-refractivity contribution in [3.05, 3.63) is 24.3 Å². The first-order valence-electron chi connectivity index (χ1n) is 8.61. The summed E-state index contributed by atoms with van der Waals surface area (Å²) < 4.78 is 0. The quantitative estimate of drug-likeness (QED) is 0.562. The molecule has 4 N–H and O–H groups in total. The van der Waals surface area contributed by atoms with Crippen LogP contribution in [-0.2, 0) is 4.79 Å². The Morgan fingerprint density at radius 1 is 1.28 bits per heavy atom. The van der Waals surface area contributed by atoms with Gasteiger partial charge in [0.25, 0.3) is 0 Å². The number of carbonyl (C=O) groups excluding carboxylic acids is 3. The van der Waals surface area contributed by atoms with Crippen molar-refractivity contribution in [1.29, 1.82) is 0 Å². The van der Waals surface area contributed by atoms with Crippen molar-refractivity contribution in [1.82, 2.24) is 16.0 Å². The van der Waals surface area contributed by atoms with Crippen molar-refractivity contribution in [2.24, 2.45) is 0 Å². The zero-order valence-electron chi connectivity index (χ0n) is 14.0. The van der Waals surface area contributed by atoms with Crippen LogP contribution in [-0.4, -0.2) is 43.6 Å². The maximum atomic E-state index is 11.9. The summed E-state index contributed by atoms with van der Waals surface area (Å²) in [6, 6.07) is 7.05.